The number of rotatable bonds is 3. The number of nitrogens with one attached hydrogen (secondary N) is 1. The van der Waals surface area contributed by atoms with E-state index in [2.05, 4.69) is 43.3 Å². The molecule has 0 saturated heterocycles. The van der Waals surface area contributed by atoms with Gasteiger partial charge in [0.05, 0.1) is 0 Å². The van der Waals surface area contributed by atoms with Gasteiger partial charge in [0.15, 0.2) is 0 Å². The first-order valence-electron chi connectivity index (χ1n) is 4.59. The second-order valence-corrected chi connectivity index (χ2v) is 3.99. The second-order valence-electron chi connectivity index (χ2n) is 3.08. The first-order valence-corrected chi connectivity index (χ1v) is 5.38. The maximum Gasteiger partial charge on any atom is 0.129 e. The monoisotopic (exact) mass is 263 g/mol. The van der Waals surface area contributed by atoms with E-state index in [9.17, 15) is 0 Å². The van der Waals surface area contributed by atoms with Crippen LogP contribution >= 0.6 is 15.9 Å². The first-order chi connectivity index (χ1) is 7.34. The zero-order chi connectivity index (χ0) is 10.5. The second kappa shape index (κ2) is 4.89. The molecule has 0 bridgehead atoms. The number of benzene rings is 1. The maximum atomic E-state index is 4.08. The molecular formula is C11H10BrN3. The third-order valence-corrected chi connectivity index (χ3v) is 2.44. The van der Waals surface area contributed by atoms with Gasteiger partial charge in [0.2, 0.25) is 0 Å². The Bertz CT molecular complexity index is 431. The van der Waals surface area contributed by atoms with Crippen LogP contribution in [0.1, 0.15) is 5.56 Å². The van der Waals surface area contributed by atoms with E-state index in [1.54, 1.807) is 6.20 Å². The van der Waals surface area contributed by atoms with Crippen molar-refractivity contribution in [3.63, 3.8) is 0 Å². The lowest BCUT2D eigenvalue weighted by atomic mass is 10.2. The third-order valence-electron chi connectivity index (χ3n) is 1.94. The van der Waals surface area contributed by atoms with Gasteiger partial charge in [-0.3, -0.25) is 0 Å². The fourth-order valence-electron chi connectivity index (χ4n) is 1.23. The molecule has 0 amide bonds. The van der Waals surface area contributed by atoms with Crippen molar-refractivity contribution < 1.29 is 0 Å². The molecule has 0 aliphatic carbocycles. The molecule has 1 aromatic heterocycles. The molecular weight excluding hydrogens is 254 g/mol. The molecule has 0 spiro atoms. The summed E-state index contributed by atoms with van der Waals surface area (Å²) in [5, 5.41) is 3.22. The Balaban J connectivity index is 1.99. The molecule has 2 aromatic rings. The SMILES string of the molecule is Brc1cccc(CNc2ccncn2)c1. The van der Waals surface area contributed by atoms with Crippen LogP contribution in [0.3, 0.4) is 0 Å². The van der Waals surface area contributed by atoms with E-state index in [1.165, 1.54) is 11.9 Å². The lowest BCUT2D eigenvalue weighted by Gasteiger charge is -2.04. The van der Waals surface area contributed by atoms with Gasteiger partial charge >= 0.3 is 0 Å². The van der Waals surface area contributed by atoms with Crippen molar-refractivity contribution in [1.29, 1.82) is 0 Å². The molecule has 0 aliphatic rings. The van der Waals surface area contributed by atoms with Gasteiger partial charge in [-0.25, -0.2) is 9.97 Å². The first kappa shape index (κ1) is 10.1. The Kier molecular flexibility index (Phi) is 3.29. The summed E-state index contributed by atoms with van der Waals surface area (Å²) in [4.78, 5) is 7.94. The van der Waals surface area contributed by atoms with Crippen molar-refractivity contribution >= 4 is 21.7 Å². The molecule has 2 rings (SSSR count). The molecule has 0 unspecified atom stereocenters. The van der Waals surface area contributed by atoms with E-state index >= 15 is 0 Å². The number of anilines is 1. The van der Waals surface area contributed by atoms with Gasteiger partial charge in [0.25, 0.3) is 0 Å². The highest BCUT2D eigenvalue weighted by atomic mass is 79.9. The summed E-state index contributed by atoms with van der Waals surface area (Å²) >= 11 is 3.43. The number of halogens is 1. The standard InChI is InChI=1S/C11H10BrN3/c12-10-3-1-2-9(6-10)7-14-11-4-5-13-8-15-11/h1-6,8H,7H2,(H,13,14,15). The van der Waals surface area contributed by atoms with Gasteiger partial charge in [-0.2, -0.15) is 0 Å². The summed E-state index contributed by atoms with van der Waals surface area (Å²) < 4.78 is 1.09. The maximum absolute atomic E-state index is 4.08. The predicted octanol–water partition coefficient (Wildman–Crippen LogP) is 2.85. The molecule has 76 valence electrons. The van der Waals surface area contributed by atoms with Crippen molar-refractivity contribution in [2.24, 2.45) is 0 Å². The van der Waals surface area contributed by atoms with Crippen LogP contribution < -0.4 is 5.32 Å². The highest BCUT2D eigenvalue weighted by molar-refractivity contribution is 9.10. The van der Waals surface area contributed by atoms with Crippen LogP contribution in [-0.4, -0.2) is 9.97 Å². The zero-order valence-electron chi connectivity index (χ0n) is 8.02. The van der Waals surface area contributed by atoms with E-state index in [4.69, 9.17) is 0 Å². The molecule has 1 heterocycles. The van der Waals surface area contributed by atoms with Gasteiger partial charge < -0.3 is 5.32 Å². The average molecular weight is 264 g/mol. The summed E-state index contributed by atoms with van der Waals surface area (Å²) in [5.74, 6) is 0.838. The Morgan fingerprint density at radius 3 is 2.93 bits per heavy atom. The largest absolute Gasteiger partial charge is 0.366 e. The minimum atomic E-state index is 0.760. The molecule has 1 aromatic carbocycles. The molecule has 1 N–H and O–H groups in total. The molecule has 0 fully saturated rings. The normalized spacial score (nSPS) is 9.93. The Labute approximate surface area is 96.7 Å². The van der Waals surface area contributed by atoms with Crippen molar-refractivity contribution in [3.05, 3.63) is 52.9 Å². The van der Waals surface area contributed by atoms with Crippen molar-refractivity contribution in [1.82, 2.24) is 9.97 Å². The third kappa shape index (κ3) is 3.02. The molecule has 0 aliphatic heterocycles. The van der Waals surface area contributed by atoms with Gasteiger partial charge in [-0.05, 0) is 23.8 Å². The van der Waals surface area contributed by atoms with Crippen LogP contribution in [0.4, 0.5) is 5.82 Å². The molecule has 4 heteroatoms. The van der Waals surface area contributed by atoms with Crippen LogP contribution in [0.15, 0.2) is 47.3 Å². The molecule has 0 atom stereocenters. The minimum Gasteiger partial charge on any atom is -0.366 e. The smallest absolute Gasteiger partial charge is 0.129 e. The van der Waals surface area contributed by atoms with Crippen molar-refractivity contribution in [3.8, 4) is 0 Å². The van der Waals surface area contributed by atoms with Crippen LogP contribution in [0.5, 0.6) is 0 Å². The number of hydrogen-bond donors (Lipinski definition) is 1. The highest BCUT2D eigenvalue weighted by Gasteiger charge is 1.94. The predicted molar refractivity (Wildman–Crippen MR) is 63.5 cm³/mol. The molecule has 0 radical (unpaired) electrons. The number of aromatic nitrogens is 2. The van der Waals surface area contributed by atoms with Crippen LogP contribution in [0.2, 0.25) is 0 Å². The van der Waals surface area contributed by atoms with E-state index < -0.39 is 0 Å². The van der Waals surface area contributed by atoms with Crippen LogP contribution in [0.25, 0.3) is 0 Å². The average Bonchev–Trinajstić information content (AvgIpc) is 2.28. The topological polar surface area (TPSA) is 37.8 Å². The van der Waals surface area contributed by atoms with Crippen molar-refractivity contribution in [2.45, 2.75) is 6.54 Å². The minimum absolute atomic E-state index is 0.760. The van der Waals surface area contributed by atoms with E-state index in [-0.39, 0.29) is 0 Å². The number of hydrogen-bond acceptors (Lipinski definition) is 3. The van der Waals surface area contributed by atoms with Crippen LogP contribution in [0, 0.1) is 0 Å². The Hall–Kier alpha value is -1.42. The highest BCUT2D eigenvalue weighted by Crippen LogP contribution is 2.12. The lowest BCUT2D eigenvalue weighted by Crippen LogP contribution is -2.00. The fraction of sp³-hybridized carbons (Fsp3) is 0.0909. The summed E-state index contributed by atoms with van der Waals surface area (Å²) in [6, 6.07) is 10.0. The Morgan fingerprint density at radius 1 is 1.27 bits per heavy atom. The summed E-state index contributed by atoms with van der Waals surface area (Å²) in [6.07, 6.45) is 3.25. The van der Waals surface area contributed by atoms with Gasteiger partial charge in [0, 0.05) is 17.2 Å². The van der Waals surface area contributed by atoms with Crippen molar-refractivity contribution in [2.75, 3.05) is 5.32 Å². The lowest BCUT2D eigenvalue weighted by molar-refractivity contribution is 1.08. The molecule has 3 nitrogen and oxygen atoms in total. The summed E-state index contributed by atoms with van der Waals surface area (Å²) in [7, 11) is 0. The zero-order valence-corrected chi connectivity index (χ0v) is 9.61. The quantitative estimate of drug-likeness (QED) is 0.926. The fourth-order valence-corrected chi connectivity index (χ4v) is 1.68. The van der Waals surface area contributed by atoms with Gasteiger partial charge in [-0.1, -0.05) is 28.1 Å². The van der Waals surface area contributed by atoms with E-state index in [0.29, 0.717) is 0 Å². The van der Waals surface area contributed by atoms with Gasteiger partial charge in [0.1, 0.15) is 12.1 Å². The van der Waals surface area contributed by atoms with E-state index in [0.717, 1.165) is 16.8 Å². The van der Waals surface area contributed by atoms with Crippen LogP contribution in [-0.2, 0) is 6.54 Å². The number of nitrogens with zero attached hydrogens (tertiary/aromatic N) is 2. The molecule has 0 saturated carbocycles. The molecule has 15 heavy (non-hydrogen) atoms. The summed E-state index contributed by atoms with van der Waals surface area (Å²) in [6.45, 7) is 0.760. The summed E-state index contributed by atoms with van der Waals surface area (Å²) in [5.41, 5.74) is 1.21. The Morgan fingerprint density at radius 2 is 2.20 bits per heavy atom. The van der Waals surface area contributed by atoms with E-state index in [1.807, 2.05) is 18.2 Å². The van der Waals surface area contributed by atoms with Gasteiger partial charge in [-0.15, -0.1) is 0 Å².